The normalized spacial score (nSPS) is 22.4. The molecule has 12 heavy (non-hydrogen) atoms. The minimum atomic E-state index is -0.492. The lowest BCUT2D eigenvalue weighted by Crippen LogP contribution is -2.49. The highest BCUT2D eigenvalue weighted by Gasteiger charge is 2.32. The van der Waals surface area contributed by atoms with Crippen molar-refractivity contribution in [2.24, 2.45) is 11.6 Å². The maximum Gasteiger partial charge on any atom is 0.332 e. The zero-order valence-corrected chi connectivity index (χ0v) is 6.62. The number of hydrazine groups is 1. The van der Waals surface area contributed by atoms with Crippen molar-refractivity contribution in [2.75, 3.05) is 6.54 Å². The Morgan fingerprint density at radius 1 is 1.50 bits per heavy atom. The van der Waals surface area contributed by atoms with Gasteiger partial charge in [0.05, 0.1) is 0 Å². The number of rotatable bonds is 1. The van der Waals surface area contributed by atoms with Gasteiger partial charge in [0, 0.05) is 6.54 Å². The highest BCUT2D eigenvalue weighted by molar-refractivity contribution is 5.86. The number of hydrogen-bond acceptors (Lipinski definition) is 3. The van der Waals surface area contributed by atoms with Crippen LogP contribution < -0.4 is 17.0 Å². The zero-order valence-electron chi connectivity index (χ0n) is 6.62. The van der Waals surface area contributed by atoms with Crippen LogP contribution in [0.4, 0.5) is 4.79 Å². The topological polar surface area (TPSA) is 101 Å². The molecule has 6 nitrogen and oxygen atoms in total. The lowest BCUT2D eigenvalue weighted by Gasteiger charge is -2.20. The van der Waals surface area contributed by atoms with E-state index in [0.717, 1.165) is 6.42 Å². The molecular formula is C6H12N4O2. The van der Waals surface area contributed by atoms with Crippen molar-refractivity contribution in [3.8, 4) is 0 Å². The first-order valence-electron chi connectivity index (χ1n) is 3.73. The van der Waals surface area contributed by atoms with E-state index < -0.39 is 18.0 Å². The molecule has 3 amide bonds. The molecule has 5 N–H and O–H groups in total. The molecule has 6 heteroatoms. The maximum atomic E-state index is 11.0. The van der Waals surface area contributed by atoms with Gasteiger partial charge in [0.15, 0.2) is 0 Å². The molecule has 1 aliphatic heterocycles. The molecule has 1 rings (SSSR count). The van der Waals surface area contributed by atoms with Crippen LogP contribution in [0, 0.1) is 0 Å². The van der Waals surface area contributed by atoms with Crippen LogP contribution in [0.2, 0.25) is 0 Å². The summed E-state index contributed by atoms with van der Waals surface area (Å²) in [7, 11) is 0. The van der Waals surface area contributed by atoms with Crippen molar-refractivity contribution in [3.05, 3.63) is 0 Å². The highest BCUT2D eigenvalue weighted by Crippen LogP contribution is 2.16. The number of nitrogens with zero attached hydrogens (tertiary/aromatic N) is 1. The Hall–Kier alpha value is -1.30. The largest absolute Gasteiger partial charge is 0.368 e. The lowest BCUT2D eigenvalue weighted by atomic mass is 10.2. The van der Waals surface area contributed by atoms with Crippen LogP contribution in [0.15, 0.2) is 0 Å². The summed E-state index contributed by atoms with van der Waals surface area (Å²) >= 11 is 0. The summed E-state index contributed by atoms with van der Waals surface area (Å²) in [5, 5.41) is 0. The molecule has 1 fully saturated rings. The van der Waals surface area contributed by atoms with Crippen LogP contribution in [-0.2, 0) is 4.79 Å². The fraction of sp³-hybridized carbons (Fsp3) is 0.667. The third-order valence-corrected chi connectivity index (χ3v) is 1.97. The SMILES string of the molecule is NNC(=O)N1CCCC1C(N)=O. The van der Waals surface area contributed by atoms with Crippen molar-refractivity contribution in [3.63, 3.8) is 0 Å². The Labute approximate surface area is 69.8 Å². The fourth-order valence-corrected chi connectivity index (χ4v) is 1.39. The van der Waals surface area contributed by atoms with Crippen LogP contribution in [0.1, 0.15) is 12.8 Å². The van der Waals surface area contributed by atoms with Gasteiger partial charge in [0.1, 0.15) is 6.04 Å². The summed E-state index contributed by atoms with van der Waals surface area (Å²) in [4.78, 5) is 23.2. The first kappa shape index (κ1) is 8.79. The van der Waals surface area contributed by atoms with Gasteiger partial charge in [-0.05, 0) is 12.8 Å². The molecule has 0 aromatic heterocycles. The van der Waals surface area contributed by atoms with E-state index in [2.05, 4.69) is 0 Å². The first-order valence-corrected chi connectivity index (χ1v) is 3.73. The van der Waals surface area contributed by atoms with Crippen LogP contribution in [-0.4, -0.2) is 29.4 Å². The molecule has 0 bridgehead atoms. The van der Waals surface area contributed by atoms with Gasteiger partial charge >= 0.3 is 6.03 Å². The molecule has 0 aromatic carbocycles. The number of carbonyl (C=O) groups is 2. The van der Waals surface area contributed by atoms with Gasteiger partial charge in [-0.2, -0.15) is 0 Å². The zero-order chi connectivity index (χ0) is 9.14. The van der Waals surface area contributed by atoms with Gasteiger partial charge in [-0.1, -0.05) is 0 Å². The molecule has 1 heterocycles. The van der Waals surface area contributed by atoms with Gasteiger partial charge in [0.25, 0.3) is 0 Å². The van der Waals surface area contributed by atoms with Gasteiger partial charge in [0.2, 0.25) is 5.91 Å². The molecular weight excluding hydrogens is 160 g/mol. The molecule has 0 spiro atoms. The second kappa shape index (κ2) is 3.40. The summed E-state index contributed by atoms with van der Waals surface area (Å²) in [6, 6.07) is -0.940. The second-order valence-corrected chi connectivity index (χ2v) is 2.70. The van der Waals surface area contributed by atoms with Crippen molar-refractivity contribution < 1.29 is 9.59 Å². The number of carbonyl (C=O) groups excluding carboxylic acids is 2. The third-order valence-electron chi connectivity index (χ3n) is 1.97. The van der Waals surface area contributed by atoms with Gasteiger partial charge < -0.3 is 10.6 Å². The number of urea groups is 1. The predicted octanol–water partition coefficient (Wildman–Crippen LogP) is -1.48. The van der Waals surface area contributed by atoms with Gasteiger partial charge in [-0.15, -0.1) is 0 Å². The Balaban J connectivity index is 2.63. The summed E-state index contributed by atoms with van der Waals surface area (Å²) in [5.74, 6) is 4.45. The summed E-state index contributed by atoms with van der Waals surface area (Å²) in [6.45, 7) is 0.538. The Bertz CT molecular complexity index is 206. The van der Waals surface area contributed by atoms with Gasteiger partial charge in [-0.25, -0.2) is 10.6 Å². The number of nitrogens with one attached hydrogen (secondary N) is 1. The number of nitrogens with two attached hydrogens (primary N) is 2. The molecule has 0 radical (unpaired) electrons. The Kier molecular flexibility index (Phi) is 2.49. The monoisotopic (exact) mass is 172 g/mol. The molecule has 1 unspecified atom stereocenters. The minimum Gasteiger partial charge on any atom is -0.368 e. The number of likely N-dealkylation sites (tertiary alicyclic amines) is 1. The van der Waals surface area contributed by atoms with E-state index in [-0.39, 0.29) is 0 Å². The average Bonchev–Trinajstić information content (AvgIpc) is 2.50. The molecule has 1 saturated heterocycles. The first-order chi connectivity index (χ1) is 5.66. The van der Waals surface area contributed by atoms with Crippen LogP contribution >= 0.6 is 0 Å². The van der Waals surface area contributed by atoms with E-state index >= 15 is 0 Å². The van der Waals surface area contributed by atoms with Crippen LogP contribution in [0.25, 0.3) is 0 Å². The summed E-state index contributed by atoms with van der Waals surface area (Å²) < 4.78 is 0. The summed E-state index contributed by atoms with van der Waals surface area (Å²) in [6.07, 6.45) is 1.42. The lowest BCUT2D eigenvalue weighted by molar-refractivity contribution is -0.121. The van der Waals surface area contributed by atoms with E-state index in [4.69, 9.17) is 11.6 Å². The number of primary amides is 1. The average molecular weight is 172 g/mol. The highest BCUT2D eigenvalue weighted by atomic mass is 16.2. The Morgan fingerprint density at radius 3 is 2.67 bits per heavy atom. The standard InChI is InChI=1S/C6H12N4O2/c7-5(11)4-2-1-3-10(4)6(12)9-8/h4H,1-3,8H2,(H2,7,11)(H,9,12). The fourth-order valence-electron chi connectivity index (χ4n) is 1.39. The number of hydrogen-bond donors (Lipinski definition) is 3. The minimum absolute atomic E-state index is 0.448. The van der Waals surface area contributed by atoms with Crippen molar-refractivity contribution >= 4 is 11.9 Å². The quantitative estimate of drug-likeness (QED) is 0.255. The molecule has 68 valence electrons. The molecule has 0 saturated carbocycles. The smallest absolute Gasteiger partial charge is 0.332 e. The number of amides is 3. The molecule has 1 atom stereocenters. The van der Waals surface area contributed by atoms with E-state index in [1.165, 1.54) is 4.90 Å². The molecule has 0 aliphatic carbocycles. The van der Waals surface area contributed by atoms with Crippen LogP contribution in [0.3, 0.4) is 0 Å². The van der Waals surface area contributed by atoms with Crippen molar-refractivity contribution in [1.82, 2.24) is 10.3 Å². The van der Waals surface area contributed by atoms with E-state index in [1.54, 1.807) is 0 Å². The second-order valence-electron chi connectivity index (χ2n) is 2.70. The summed E-state index contributed by atoms with van der Waals surface area (Å²) in [5.41, 5.74) is 7.05. The van der Waals surface area contributed by atoms with E-state index in [9.17, 15) is 9.59 Å². The van der Waals surface area contributed by atoms with Gasteiger partial charge in [-0.3, -0.25) is 10.2 Å². The third kappa shape index (κ3) is 1.48. The Morgan fingerprint density at radius 2 is 2.17 bits per heavy atom. The predicted molar refractivity (Wildman–Crippen MR) is 41.6 cm³/mol. The van der Waals surface area contributed by atoms with E-state index in [0.29, 0.717) is 13.0 Å². The molecule has 0 aromatic rings. The molecule has 1 aliphatic rings. The maximum absolute atomic E-state index is 11.0. The van der Waals surface area contributed by atoms with Crippen molar-refractivity contribution in [2.45, 2.75) is 18.9 Å². The van der Waals surface area contributed by atoms with Crippen molar-refractivity contribution in [1.29, 1.82) is 0 Å². The van der Waals surface area contributed by atoms with E-state index in [1.807, 2.05) is 5.43 Å². The van der Waals surface area contributed by atoms with Crippen LogP contribution in [0.5, 0.6) is 0 Å².